The Balaban J connectivity index is 1.48. The van der Waals surface area contributed by atoms with Crippen molar-refractivity contribution in [2.45, 2.75) is 83.2 Å². The summed E-state index contributed by atoms with van der Waals surface area (Å²) in [4.78, 5) is 0. The van der Waals surface area contributed by atoms with Crippen LogP contribution >= 0.6 is 11.8 Å². The molecule has 0 saturated carbocycles. The number of rotatable bonds is 12. The second kappa shape index (κ2) is 12.0. The summed E-state index contributed by atoms with van der Waals surface area (Å²) < 4.78 is 2.39. The third-order valence-electron chi connectivity index (χ3n) is 5.17. The summed E-state index contributed by atoms with van der Waals surface area (Å²) in [5.74, 6) is 3.67. The molecule has 2 rings (SSSR count). The van der Waals surface area contributed by atoms with E-state index in [9.17, 15) is 5.11 Å². The Bertz CT molecular complexity index is 376. The maximum absolute atomic E-state index is 9.33. The number of nitrogens with zero attached hydrogens (tertiary/aromatic N) is 1. The first-order valence-electron chi connectivity index (χ1n) is 10.2. The van der Waals surface area contributed by atoms with Crippen molar-refractivity contribution in [3.8, 4) is 0 Å². The Morgan fingerprint density at radius 3 is 2.29 bits per heavy atom. The minimum Gasteiger partial charge on any atom is -0.393 e. The molecule has 2 heterocycles. The van der Waals surface area contributed by atoms with Gasteiger partial charge in [-0.3, -0.25) is 15.2 Å². The minimum atomic E-state index is 0.229. The second-order valence-electron chi connectivity index (χ2n) is 7.33. The summed E-state index contributed by atoms with van der Waals surface area (Å²) in [6, 6.07) is 0.813. The summed E-state index contributed by atoms with van der Waals surface area (Å²) in [6.45, 7) is 4.73. The van der Waals surface area contributed by atoms with E-state index in [1.54, 1.807) is 0 Å². The highest BCUT2D eigenvalue weighted by molar-refractivity contribution is 7.99. The number of guanidine groups is 1. The molecule has 3 N–H and O–H groups in total. The van der Waals surface area contributed by atoms with Crippen LogP contribution in [0.3, 0.4) is 0 Å². The summed E-state index contributed by atoms with van der Waals surface area (Å²) in [6.07, 6.45) is 13.5. The van der Waals surface area contributed by atoms with E-state index in [0.717, 1.165) is 25.5 Å². The SMILES string of the molecule is CCCCCCCCCCSC[C@H]1CC[N+]2=C(N1)N[C@@H](CO)CC2. The maximum atomic E-state index is 9.33. The Morgan fingerprint density at radius 1 is 0.958 bits per heavy atom. The first-order chi connectivity index (χ1) is 11.8. The highest BCUT2D eigenvalue weighted by Gasteiger charge is 2.31. The van der Waals surface area contributed by atoms with Gasteiger partial charge in [-0.05, 0) is 12.2 Å². The molecule has 0 spiro atoms. The lowest BCUT2D eigenvalue weighted by atomic mass is 10.1. The molecular formula is C19H38N3OS+. The average Bonchev–Trinajstić information content (AvgIpc) is 2.62. The van der Waals surface area contributed by atoms with Gasteiger partial charge in [-0.25, -0.2) is 0 Å². The van der Waals surface area contributed by atoms with Gasteiger partial charge in [0.25, 0.3) is 0 Å². The van der Waals surface area contributed by atoms with Crippen molar-refractivity contribution in [2.24, 2.45) is 0 Å². The Kier molecular flexibility index (Phi) is 9.96. The lowest BCUT2D eigenvalue weighted by molar-refractivity contribution is -0.542. The molecule has 24 heavy (non-hydrogen) atoms. The summed E-state index contributed by atoms with van der Waals surface area (Å²) in [5.41, 5.74) is 0. The molecule has 0 unspecified atom stereocenters. The summed E-state index contributed by atoms with van der Waals surface area (Å²) in [5, 5.41) is 16.4. The molecule has 5 heteroatoms. The molecule has 0 fully saturated rings. The Labute approximate surface area is 152 Å². The molecule has 0 aliphatic carbocycles. The van der Waals surface area contributed by atoms with E-state index in [-0.39, 0.29) is 12.6 Å². The summed E-state index contributed by atoms with van der Waals surface area (Å²) >= 11 is 2.11. The first kappa shape index (κ1) is 19.9. The number of aliphatic hydroxyl groups is 1. The van der Waals surface area contributed by atoms with E-state index in [2.05, 4.69) is 33.9 Å². The van der Waals surface area contributed by atoms with Gasteiger partial charge in [0.05, 0.1) is 25.7 Å². The van der Waals surface area contributed by atoms with Crippen LogP contribution in [0.5, 0.6) is 0 Å². The van der Waals surface area contributed by atoms with Crippen LogP contribution in [0.2, 0.25) is 0 Å². The van der Waals surface area contributed by atoms with Gasteiger partial charge in [-0.2, -0.15) is 11.8 Å². The van der Waals surface area contributed by atoms with Crippen LogP contribution in [0.25, 0.3) is 0 Å². The van der Waals surface area contributed by atoms with Crippen LogP contribution in [-0.2, 0) is 0 Å². The monoisotopic (exact) mass is 356 g/mol. The van der Waals surface area contributed by atoms with Gasteiger partial charge in [-0.1, -0.05) is 51.9 Å². The zero-order chi connectivity index (χ0) is 17.0. The number of hydrogen-bond acceptors (Lipinski definition) is 4. The lowest BCUT2D eigenvalue weighted by Gasteiger charge is -2.30. The fraction of sp³-hybridized carbons (Fsp3) is 0.947. The molecule has 4 nitrogen and oxygen atoms in total. The lowest BCUT2D eigenvalue weighted by Crippen LogP contribution is -2.60. The third-order valence-corrected chi connectivity index (χ3v) is 6.39. The average molecular weight is 357 g/mol. The predicted molar refractivity (Wildman–Crippen MR) is 105 cm³/mol. The van der Waals surface area contributed by atoms with Gasteiger partial charge in [0.2, 0.25) is 0 Å². The molecule has 0 radical (unpaired) electrons. The van der Waals surface area contributed by atoms with Crippen LogP contribution in [-0.4, -0.2) is 58.9 Å². The van der Waals surface area contributed by atoms with E-state index in [1.165, 1.54) is 69.3 Å². The molecule has 0 aromatic heterocycles. The van der Waals surface area contributed by atoms with Crippen LogP contribution in [0.4, 0.5) is 0 Å². The predicted octanol–water partition coefficient (Wildman–Crippen LogP) is 2.94. The van der Waals surface area contributed by atoms with Crippen LogP contribution in [0.15, 0.2) is 0 Å². The normalized spacial score (nSPS) is 23.6. The van der Waals surface area contributed by atoms with Crippen molar-refractivity contribution in [1.82, 2.24) is 10.6 Å². The smallest absolute Gasteiger partial charge is 0.346 e. The topological polar surface area (TPSA) is 47.3 Å². The standard InChI is InChI=1S/C19H37N3OS/c1-2-3-4-5-6-7-8-9-14-24-16-18-11-13-22-12-10-17(15-23)20-19(22)21-18/h17-18,23H,2-16H2,1H3,(H,20,21)/p+1/t17-,18-/m1/s1. The maximum Gasteiger partial charge on any atom is 0.346 e. The largest absolute Gasteiger partial charge is 0.393 e. The van der Waals surface area contributed by atoms with Crippen molar-refractivity contribution in [3.05, 3.63) is 0 Å². The second-order valence-corrected chi connectivity index (χ2v) is 8.48. The third kappa shape index (κ3) is 7.22. The van der Waals surface area contributed by atoms with E-state index in [4.69, 9.17) is 0 Å². The molecule has 2 aliphatic heterocycles. The van der Waals surface area contributed by atoms with Crippen molar-refractivity contribution in [1.29, 1.82) is 0 Å². The van der Waals surface area contributed by atoms with E-state index < -0.39 is 0 Å². The number of nitrogens with one attached hydrogen (secondary N) is 2. The molecule has 2 aliphatic rings. The zero-order valence-corrected chi connectivity index (χ0v) is 16.4. The van der Waals surface area contributed by atoms with Crippen LogP contribution in [0.1, 0.15) is 71.1 Å². The fourth-order valence-corrected chi connectivity index (χ4v) is 4.65. The number of unbranched alkanes of at least 4 members (excludes halogenated alkanes) is 7. The van der Waals surface area contributed by atoms with Crippen LogP contribution < -0.4 is 10.6 Å². The van der Waals surface area contributed by atoms with E-state index in [1.807, 2.05) is 0 Å². The summed E-state index contributed by atoms with van der Waals surface area (Å²) in [7, 11) is 0. The fourth-order valence-electron chi connectivity index (χ4n) is 3.54. The van der Waals surface area contributed by atoms with Crippen molar-refractivity contribution >= 4 is 17.7 Å². The molecule has 0 amide bonds. The highest BCUT2D eigenvalue weighted by Crippen LogP contribution is 2.14. The zero-order valence-electron chi connectivity index (χ0n) is 15.6. The van der Waals surface area contributed by atoms with Gasteiger partial charge in [-0.15, -0.1) is 0 Å². The Morgan fingerprint density at radius 2 is 1.58 bits per heavy atom. The molecule has 0 saturated heterocycles. The minimum absolute atomic E-state index is 0.229. The van der Waals surface area contributed by atoms with Gasteiger partial charge in [0.1, 0.15) is 6.04 Å². The van der Waals surface area contributed by atoms with Gasteiger partial charge >= 0.3 is 5.96 Å². The quantitative estimate of drug-likeness (QED) is 0.372. The highest BCUT2D eigenvalue weighted by atomic mass is 32.2. The molecule has 0 bridgehead atoms. The molecule has 2 atom stereocenters. The molecule has 0 aromatic carbocycles. The Hall–Kier alpha value is -0.420. The number of thioether (sulfide) groups is 1. The van der Waals surface area contributed by atoms with Gasteiger partial charge in [0, 0.05) is 18.6 Å². The van der Waals surface area contributed by atoms with Gasteiger partial charge in [0.15, 0.2) is 0 Å². The number of aliphatic hydroxyl groups excluding tert-OH is 1. The van der Waals surface area contributed by atoms with E-state index in [0.29, 0.717) is 6.04 Å². The van der Waals surface area contributed by atoms with Gasteiger partial charge < -0.3 is 5.11 Å². The van der Waals surface area contributed by atoms with E-state index >= 15 is 0 Å². The van der Waals surface area contributed by atoms with Crippen molar-refractivity contribution in [2.75, 3.05) is 31.2 Å². The number of hydrogen-bond donors (Lipinski definition) is 3. The van der Waals surface area contributed by atoms with Crippen LogP contribution in [0, 0.1) is 0 Å². The molecule has 0 aromatic rings. The van der Waals surface area contributed by atoms with Crippen molar-refractivity contribution in [3.63, 3.8) is 0 Å². The first-order valence-corrected chi connectivity index (χ1v) is 11.3. The van der Waals surface area contributed by atoms with Crippen molar-refractivity contribution < 1.29 is 9.68 Å². The molecule has 140 valence electrons. The molecular weight excluding hydrogens is 318 g/mol.